The highest BCUT2D eigenvalue weighted by molar-refractivity contribution is 4.98. The first kappa shape index (κ1) is 15.4. The van der Waals surface area contributed by atoms with E-state index < -0.39 is 0 Å². The summed E-state index contributed by atoms with van der Waals surface area (Å²) in [6.45, 7) is 8.89. The number of ether oxygens (including phenoxy) is 4. The van der Waals surface area contributed by atoms with E-state index >= 15 is 0 Å². The molecule has 4 aliphatic heterocycles. The molecule has 0 radical (unpaired) electrons. The zero-order valence-electron chi connectivity index (χ0n) is 14.2. The average Bonchev–Trinajstić information content (AvgIpc) is 2.46. The average molecular weight is 310 g/mol. The quantitative estimate of drug-likeness (QED) is 0.689. The molecule has 4 nitrogen and oxygen atoms in total. The summed E-state index contributed by atoms with van der Waals surface area (Å²) >= 11 is 0. The van der Waals surface area contributed by atoms with Gasteiger partial charge in [-0.25, -0.2) is 0 Å². The van der Waals surface area contributed by atoms with E-state index in [1.807, 2.05) is 0 Å². The van der Waals surface area contributed by atoms with Crippen LogP contribution in [0.25, 0.3) is 0 Å². The van der Waals surface area contributed by atoms with Crippen LogP contribution in [-0.2, 0) is 18.9 Å². The molecule has 0 spiro atoms. The van der Waals surface area contributed by atoms with Crippen molar-refractivity contribution in [2.45, 2.75) is 102 Å². The molecule has 0 unspecified atom stereocenters. The molecule has 4 heteroatoms. The minimum Gasteiger partial charge on any atom is -0.372 e. The van der Waals surface area contributed by atoms with Crippen molar-refractivity contribution in [3.8, 4) is 0 Å². The fraction of sp³-hybridized carbons (Fsp3) is 1.00. The van der Waals surface area contributed by atoms with Crippen molar-refractivity contribution in [1.82, 2.24) is 0 Å². The number of hydrogen-bond donors (Lipinski definition) is 0. The monoisotopic (exact) mass is 310 g/mol. The topological polar surface area (TPSA) is 36.9 Å². The second kappa shape index (κ2) is 5.73. The Kier molecular flexibility index (Phi) is 4.00. The minimum atomic E-state index is 0.187. The third-order valence-electron chi connectivity index (χ3n) is 6.46. The lowest BCUT2D eigenvalue weighted by atomic mass is 9.82. The van der Waals surface area contributed by atoms with Gasteiger partial charge in [0.05, 0.1) is 48.8 Å². The van der Waals surface area contributed by atoms with Crippen LogP contribution in [-0.4, -0.2) is 48.8 Å². The SMILES string of the molecule is C[C@@H]1C[C@@H]2O[C@@H]3C[C@@H]4O[C@H](C)[C@@H](C)C[C@H]4O[C@H]3C[C@H]2O[C@H]1C. The van der Waals surface area contributed by atoms with Crippen molar-refractivity contribution in [2.24, 2.45) is 11.8 Å². The summed E-state index contributed by atoms with van der Waals surface area (Å²) in [5, 5.41) is 0. The standard InChI is InChI=1S/C18H30O4/c1-9-5-13-15(19-11(9)3)7-18-17(21-13)8-16-14(22-18)6-10(2)12(4)20-16/h9-18H,5-8H2,1-4H3/t9-,10+,11+,12-,13+,14-,15-,16+,17-,18+. The predicted octanol–water partition coefficient (Wildman–Crippen LogP) is 2.93. The molecule has 4 heterocycles. The van der Waals surface area contributed by atoms with Gasteiger partial charge in [0.2, 0.25) is 0 Å². The van der Waals surface area contributed by atoms with E-state index in [2.05, 4.69) is 27.7 Å². The Balaban J connectivity index is 1.45. The zero-order chi connectivity index (χ0) is 15.4. The number of hydrogen-bond acceptors (Lipinski definition) is 4. The molecule has 0 N–H and O–H groups in total. The first-order chi connectivity index (χ1) is 10.5. The third kappa shape index (κ3) is 2.62. The van der Waals surface area contributed by atoms with Crippen LogP contribution in [0.15, 0.2) is 0 Å². The van der Waals surface area contributed by atoms with Gasteiger partial charge in [0.1, 0.15) is 0 Å². The molecule has 10 atom stereocenters. The van der Waals surface area contributed by atoms with Crippen LogP contribution < -0.4 is 0 Å². The fourth-order valence-corrected chi connectivity index (χ4v) is 4.61. The van der Waals surface area contributed by atoms with Gasteiger partial charge in [0, 0.05) is 12.8 Å². The van der Waals surface area contributed by atoms with E-state index in [-0.39, 0.29) is 36.6 Å². The second-order valence-corrected chi connectivity index (χ2v) is 8.08. The van der Waals surface area contributed by atoms with Crippen molar-refractivity contribution < 1.29 is 18.9 Å². The minimum absolute atomic E-state index is 0.187. The maximum atomic E-state index is 6.39. The van der Waals surface area contributed by atoms with Gasteiger partial charge >= 0.3 is 0 Å². The summed E-state index contributed by atoms with van der Waals surface area (Å²) in [5.74, 6) is 1.14. The molecule has 0 aromatic rings. The molecule has 0 aromatic carbocycles. The van der Waals surface area contributed by atoms with Crippen LogP contribution in [0.2, 0.25) is 0 Å². The summed E-state index contributed by atoms with van der Waals surface area (Å²) in [5.41, 5.74) is 0. The smallest absolute Gasteiger partial charge is 0.0868 e. The Hall–Kier alpha value is -0.160. The molecule has 4 rings (SSSR count). The Labute approximate surface area is 133 Å². The largest absolute Gasteiger partial charge is 0.372 e. The van der Waals surface area contributed by atoms with E-state index in [1.165, 1.54) is 0 Å². The molecular weight excluding hydrogens is 280 g/mol. The van der Waals surface area contributed by atoms with Crippen molar-refractivity contribution in [3.05, 3.63) is 0 Å². The Morgan fingerprint density at radius 3 is 1.18 bits per heavy atom. The van der Waals surface area contributed by atoms with Gasteiger partial charge in [-0.3, -0.25) is 0 Å². The predicted molar refractivity (Wildman–Crippen MR) is 82.8 cm³/mol. The lowest BCUT2D eigenvalue weighted by Gasteiger charge is -2.52. The highest BCUT2D eigenvalue weighted by Gasteiger charge is 2.50. The maximum absolute atomic E-state index is 6.39. The second-order valence-electron chi connectivity index (χ2n) is 8.08. The Morgan fingerprint density at radius 2 is 0.773 bits per heavy atom. The van der Waals surface area contributed by atoms with Crippen molar-refractivity contribution in [3.63, 3.8) is 0 Å². The van der Waals surface area contributed by atoms with Crippen LogP contribution in [0.5, 0.6) is 0 Å². The summed E-state index contributed by atoms with van der Waals surface area (Å²) in [7, 11) is 0. The van der Waals surface area contributed by atoms with E-state index in [0.717, 1.165) is 25.7 Å². The lowest BCUT2D eigenvalue weighted by Crippen LogP contribution is -2.60. The van der Waals surface area contributed by atoms with Gasteiger partial charge in [-0.2, -0.15) is 0 Å². The van der Waals surface area contributed by atoms with Crippen LogP contribution in [0, 0.1) is 11.8 Å². The molecule has 4 aliphatic rings. The molecule has 4 fully saturated rings. The zero-order valence-corrected chi connectivity index (χ0v) is 14.2. The van der Waals surface area contributed by atoms with Gasteiger partial charge in [0.15, 0.2) is 0 Å². The summed E-state index contributed by atoms with van der Waals surface area (Å²) in [6, 6.07) is 0. The van der Waals surface area contributed by atoms with Crippen LogP contribution in [0.4, 0.5) is 0 Å². The van der Waals surface area contributed by atoms with Crippen molar-refractivity contribution >= 4 is 0 Å². The molecule has 0 saturated carbocycles. The van der Waals surface area contributed by atoms with E-state index in [0.29, 0.717) is 24.0 Å². The van der Waals surface area contributed by atoms with Crippen LogP contribution >= 0.6 is 0 Å². The van der Waals surface area contributed by atoms with Crippen molar-refractivity contribution in [1.29, 1.82) is 0 Å². The summed E-state index contributed by atoms with van der Waals surface area (Å²) in [4.78, 5) is 0. The Morgan fingerprint density at radius 1 is 0.455 bits per heavy atom. The van der Waals surface area contributed by atoms with Gasteiger partial charge in [-0.1, -0.05) is 13.8 Å². The fourth-order valence-electron chi connectivity index (χ4n) is 4.61. The molecule has 4 saturated heterocycles. The first-order valence-electron chi connectivity index (χ1n) is 9.13. The molecular formula is C18H30O4. The van der Waals surface area contributed by atoms with Gasteiger partial charge in [-0.05, 0) is 38.5 Å². The molecule has 0 bridgehead atoms. The Bertz CT molecular complexity index is 340. The lowest BCUT2D eigenvalue weighted by molar-refractivity contribution is -0.292. The van der Waals surface area contributed by atoms with E-state index in [4.69, 9.17) is 18.9 Å². The van der Waals surface area contributed by atoms with Crippen LogP contribution in [0.3, 0.4) is 0 Å². The highest BCUT2D eigenvalue weighted by atomic mass is 16.6. The van der Waals surface area contributed by atoms with E-state index in [9.17, 15) is 0 Å². The number of rotatable bonds is 0. The first-order valence-corrected chi connectivity index (χ1v) is 9.13. The molecule has 126 valence electrons. The van der Waals surface area contributed by atoms with Gasteiger partial charge in [-0.15, -0.1) is 0 Å². The molecule has 22 heavy (non-hydrogen) atoms. The summed E-state index contributed by atoms with van der Waals surface area (Å²) < 4.78 is 25.2. The van der Waals surface area contributed by atoms with E-state index in [1.54, 1.807) is 0 Å². The maximum Gasteiger partial charge on any atom is 0.0868 e. The third-order valence-corrected chi connectivity index (χ3v) is 6.46. The highest BCUT2D eigenvalue weighted by Crippen LogP contribution is 2.42. The normalized spacial score (nSPS) is 58.4. The number of fused-ring (bicyclic) bond motifs is 3. The summed E-state index contributed by atoms with van der Waals surface area (Å²) in [6.07, 6.45) is 6.14. The molecule has 0 aliphatic carbocycles. The van der Waals surface area contributed by atoms with Crippen molar-refractivity contribution in [2.75, 3.05) is 0 Å². The van der Waals surface area contributed by atoms with Gasteiger partial charge in [0.25, 0.3) is 0 Å². The molecule has 0 amide bonds. The van der Waals surface area contributed by atoms with Gasteiger partial charge < -0.3 is 18.9 Å². The van der Waals surface area contributed by atoms with Crippen LogP contribution in [0.1, 0.15) is 53.4 Å². The molecule has 0 aromatic heterocycles.